The first-order chi connectivity index (χ1) is 12.0. The Labute approximate surface area is 147 Å². The highest BCUT2D eigenvalue weighted by atomic mass is 32.2. The van der Waals surface area contributed by atoms with Crippen molar-refractivity contribution in [2.75, 3.05) is 16.4 Å². The zero-order chi connectivity index (χ0) is 18.2. The minimum Gasteiger partial charge on any atom is -0.325 e. The Morgan fingerprint density at radius 1 is 1.04 bits per heavy atom. The molecule has 0 atom stereocenters. The van der Waals surface area contributed by atoms with Gasteiger partial charge in [0.25, 0.3) is 0 Å². The van der Waals surface area contributed by atoms with Crippen LogP contribution in [0.25, 0.3) is 0 Å². The molecule has 2 aromatic carbocycles. The van der Waals surface area contributed by atoms with Crippen LogP contribution in [0.3, 0.4) is 0 Å². The third kappa shape index (κ3) is 5.90. The van der Waals surface area contributed by atoms with Gasteiger partial charge in [0.1, 0.15) is 18.1 Å². The van der Waals surface area contributed by atoms with Crippen molar-refractivity contribution < 1.29 is 18.4 Å². The summed E-state index contributed by atoms with van der Waals surface area (Å²) in [4.78, 5) is 23.9. The maximum absolute atomic E-state index is 13.5. The molecule has 2 aromatic rings. The molecule has 2 N–H and O–H groups in total. The van der Waals surface area contributed by atoms with E-state index in [-0.39, 0.29) is 17.9 Å². The van der Waals surface area contributed by atoms with E-state index in [0.717, 1.165) is 23.1 Å². The number of hydrogen-bond donors (Lipinski definition) is 2. The number of thioether (sulfide) groups is 1. The minimum atomic E-state index is -0.711. The molecular formula is C17H13F2N3O2S. The molecular weight excluding hydrogens is 348 g/mol. The van der Waals surface area contributed by atoms with E-state index in [9.17, 15) is 18.4 Å². The molecule has 25 heavy (non-hydrogen) atoms. The Morgan fingerprint density at radius 3 is 2.44 bits per heavy atom. The van der Waals surface area contributed by atoms with Crippen molar-refractivity contribution in [3.8, 4) is 6.07 Å². The van der Waals surface area contributed by atoms with Crippen LogP contribution >= 0.6 is 11.8 Å². The fourth-order valence-corrected chi connectivity index (χ4v) is 2.54. The second-order valence-electron chi connectivity index (χ2n) is 4.87. The largest absolute Gasteiger partial charge is 0.325 e. The van der Waals surface area contributed by atoms with E-state index >= 15 is 0 Å². The third-order valence-electron chi connectivity index (χ3n) is 2.95. The van der Waals surface area contributed by atoms with Gasteiger partial charge in [-0.15, -0.1) is 11.8 Å². The third-order valence-corrected chi connectivity index (χ3v) is 3.96. The van der Waals surface area contributed by atoms with Gasteiger partial charge in [0.05, 0.1) is 17.5 Å². The zero-order valence-corrected chi connectivity index (χ0v) is 13.7. The molecule has 0 bridgehead atoms. The van der Waals surface area contributed by atoms with Crippen LogP contribution in [0.15, 0.2) is 47.4 Å². The summed E-state index contributed by atoms with van der Waals surface area (Å²) in [5.41, 5.74) is 0.331. The molecule has 0 heterocycles. The number of rotatable bonds is 6. The van der Waals surface area contributed by atoms with Crippen molar-refractivity contribution in [1.82, 2.24) is 0 Å². The first-order valence-corrected chi connectivity index (χ1v) is 8.11. The number of anilines is 2. The molecule has 0 aliphatic rings. The van der Waals surface area contributed by atoms with Gasteiger partial charge in [0, 0.05) is 16.6 Å². The number of nitrogens with one attached hydrogen (secondary N) is 2. The normalized spacial score (nSPS) is 9.96. The van der Waals surface area contributed by atoms with Crippen molar-refractivity contribution in [3.63, 3.8) is 0 Å². The number of nitriles is 1. The van der Waals surface area contributed by atoms with Crippen LogP contribution in [0.5, 0.6) is 0 Å². The van der Waals surface area contributed by atoms with E-state index in [1.165, 1.54) is 11.8 Å². The molecule has 0 aliphatic heterocycles. The van der Waals surface area contributed by atoms with Crippen LogP contribution in [0.4, 0.5) is 20.2 Å². The lowest BCUT2D eigenvalue weighted by Crippen LogP contribution is -2.15. The second-order valence-corrected chi connectivity index (χ2v) is 5.92. The van der Waals surface area contributed by atoms with Gasteiger partial charge in [-0.1, -0.05) is 0 Å². The lowest BCUT2D eigenvalue weighted by atomic mass is 10.3. The smallest absolute Gasteiger partial charge is 0.238 e. The number of hydrogen-bond acceptors (Lipinski definition) is 4. The molecule has 0 saturated carbocycles. The predicted molar refractivity (Wildman–Crippen MR) is 91.0 cm³/mol. The van der Waals surface area contributed by atoms with Crippen LogP contribution in [-0.2, 0) is 9.59 Å². The summed E-state index contributed by atoms with van der Waals surface area (Å²) in [6.45, 7) is 0. The maximum Gasteiger partial charge on any atom is 0.238 e. The summed E-state index contributed by atoms with van der Waals surface area (Å²) in [6, 6.07) is 11.2. The van der Waals surface area contributed by atoms with Crippen molar-refractivity contribution in [3.05, 3.63) is 54.1 Å². The van der Waals surface area contributed by atoms with Gasteiger partial charge in [0.15, 0.2) is 0 Å². The molecule has 0 spiro atoms. The molecule has 128 valence electrons. The molecule has 8 heteroatoms. The Kier molecular flexibility index (Phi) is 6.48. The Balaban J connectivity index is 1.86. The number of benzene rings is 2. The topological polar surface area (TPSA) is 82.0 Å². The molecule has 2 rings (SSSR count). The molecule has 0 saturated heterocycles. The van der Waals surface area contributed by atoms with Crippen molar-refractivity contribution >= 4 is 35.0 Å². The van der Waals surface area contributed by atoms with Gasteiger partial charge in [-0.2, -0.15) is 5.26 Å². The highest BCUT2D eigenvalue weighted by Crippen LogP contribution is 2.21. The number of amides is 2. The summed E-state index contributed by atoms with van der Waals surface area (Å²) < 4.78 is 26.5. The molecule has 0 radical (unpaired) electrons. The van der Waals surface area contributed by atoms with E-state index in [2.05, 4.69) is 10.6 Å². The molecule has 0 unspecified atom stereocenters. The van der Waals surface area contributed by atoms with Crippen LogP contribution in [0, 0.1) is 23.0 Å². The molecule has 0 aliphatic carbocycles. The van der Waals surface area contributed by atoms with Gasteiger partial charge in [0.2, 0.25) is 11.8 Å². The maximum atomic E-state index is 13.5. The van der Waals surface area contributed by atoms with Crippen LogP contribution < -0.4 is 10.6 Å². The van der Waals surface area contributed by atoms with E-state index in [0.29, 0.717) is 5.69 Å². The average molecular weight is 361 g/mol. The molecule has 5 nitrogen and oxygen atoms in total. The van der Waals surface area contributed by atoms with Gasteiger partial charge in [-0.3, -0.25) is 9.59 Å². The summed E-state index contributed by atoms with van der Waals surface area (Å²) in [6.07, 6.45) is -0.229. The fourth-order valence-electron chi connectivity index (χ4n) is 1.84. The van der Waals surface area contributed by atoms with Crippen LogP contribution in [0.2, 0.25) is 0 Å². The Morgan fingerprint density at radius 2 is 1.76 bits per heavy atom. The quantitative estimate of drug-likeness (QED) is 0.771. The minimum absolute atomic E-state index is 0.0100. The van der Waals surface area contributed by atoms with Crippen molar-refractivity contribution in [2.45, 2.75) is 11.3 Å². The highest BCUT2D eigenvalue weighted by molar-refractivity contribution is 8.00. The van der Waals surface area contributed by atoms with E-state index < -0.39 is 23.4 Å². The van der Waals surface area contributed by atoms with E-state index in [1.807, 2.05) is 0 Å². The second kappa shape index (κ2) is 8.80. The van der Waals surface area contributed by atoms with Gasteiger partial charge >= 0.3 is 0 Å². The first kappa shape index (κ1) is 18.4. The Hall–Kier alpha value is -2.92. The first-order valence-electron chi connectivity index (χ1n) is 7.12. The summed E-state index contributed by atoms with van der Waals surface area (Å²) in [5.74, 6) is -2.22. The van der Waals surface area contributed by atoms with Crippen LogP contribution in [0.1, 0.15) is 6.42 Å². The lowest BCUT2D eigenvalue weighted by Gasteiger charge is -2.07. The summed E-state index contributed by atoms with van der Waals surface area (Å²) in [5, 5.41) is 13.3. The fraction of sp³-hybridized carbons (Fsp3) is 0.118. The standard InChI is InChI=1S/C17H13F2N3O2S/c18-11-1-6-14(19)15(9-11)22-17(24)10-25-13-4-2-12(3-5-13)21-16(23)7-8-20/h1-6,9H,7,10H2,(H,21,23)(H,22,24). The number of halogens is 2. The van der Waals surface area contributed by atoms with Gasteiger partial charge < -0.3 is 10.6 Å². The van der Waals surface area contributed by atoms with Crippen LogP contribution in [-0.4, -0.2) is 17.6 Å². The van der Waals surface area contributed by atoms with E-state index in [1.54, 1.807) is 30.3 Å². The monoisotopic (exact) mass is 361 g/mol. The van der Waals surface area contributed by atoms with E-state index in [4.69, 9.17) is 5.26 Å². The SMILES string of the molecule is N#CCC(=O)Nc1ccc(SCC(=O)Nc2cc(F)ccc2F)cc1. The van der Waals surface area contributed by atoms with Crippen molar-refractivity contribution in [1.29, 1.82) is 5.26 Å². The number of carbonyl (C=O) groups is 2. The summed E-state index contributed by atoms with van der Waals surface area (Å²) >= 11 is 1.20. The lowest BCUT2D eigenvalue weighted by molar-refractivity contribution is -0.115. The Bertz CT molecular complexity index is 820. The summed E-state index contributed by atoms with van der Waals surface area (Å²) in [7, 11) is 0. The number of nitrogens with zero attached hydrogens (tertiary/aromatic N) is 1. The molecule has 0 aromatic heterocycles. The molecule has 0 fully saturated rings. The van der Waals surface area contributed by atoms with Gasteiger partial charge in [-0.25, -0.2) is 8.78 Å². The zero-order valence-electron chi connectivity index (χ0n) is 12.9. The predicted octanol–water partition coefficient (Wildman–Crippen LogP) is 3.55. The average Bonchev–Trinajstić information content (AvgIpc) is 2.58. The van der Waals surface area contributed by atoms with Crippen molar-refractivity contribution in [2.24, 2.45) is 0 Å². The number of carbonyl (C=O) groups excluding carboxylic acids is 2. The molecule has 2 amide bonds. The highest BCUT2D eigenvalue weighted by Gasteiger charge is 2.09. The van der Waals surface area contributed by atoms with Gasteiger partial charge in [-0.05, 0) is 36.4 Å².